The molecule has 0 spiro atoms. The van der Waals surface area contributed by atoms with Gasteiger partial charge in [0.2, 0.25) is 5.91 Å². The molecule has 2 amide bonds. The molecule has 0 atom stereocenters. The Kier molecular flexibility index (Phi) is 7.83. The van der Waals surface area contributed by atoms with Crippen LogP contribution in [0.25, 0.3) is 0 Å². The van der Waals surface area contributed by atoms with Crippen molar-refractivity contribution in [1.29, 1.82) is 0 Å². The minimum absolute atomic E-state index is 0.0998. The van der Waals surface area contributed by atoms with E-state index < -0.39 is 0 Å². The molecule has 0 saturated carbocycles. The number of anilines is 2. The molecule has 1 fully saturated rings. The molecule has 1 heterocycles. The van der Waals surface area contributed by atoms with Crippen LogP contribution in [0, 0.1) is 5.92 Å². The number of nitrogens with zero attached hydrogens (tertiary/aromatic N) is 2. The predicted molar refractivity (Wildman–Crippen MR) is 141 cm³/mol. The van der Waals surface area contributed by atoms with Gasteiger partial charge < -0.3 is 16.0 Å². The zero-order valence-electron chi connectivity index (χ0n) is 20.5. The predicted octanol–water partition coefficient (Wildman–Crippen LogP) is 4.48. The maximum Gasteiger partial charge on any atom is 0.253 e. The molecule has 0 aromatic heterocycles. The van der Waals surface area contributed by atoms with Crippen LogP contribution in [0.1, 0.15) is 47.3 Å². The fourth-order valence-corrected chi connectivity index (χ4v) is 4.76. The zero-order chi connectivity index (χ0) is 24.8. The van der Waals surface area contributed by atoms with E-state index in [1.54, 1.807) is 25.2 Å². The molecule has 35 heavy (non-hydrogen) atoms. The van der Waals surface area contributed by atoms with E-state index in [1.807, 2.05) is 0 Å². The molecule has 4 rings (SSSR count). The first-order valence-electron chi connectivity index (χ1n) is 12.2. The van der Waals surface area contributed by atoms with Crippen LogP contribution in [0.15, 0.2) is 78.9 Å². The van der Waals surface area contributed by atoms with Gasteiger partial charge in [-0.1, -0.05) is 60.7 Å². The number of rotatable bonds is 7. The molecule has 0 aliphatic carbocycles. The lowest BCUT2D eigenvalue weighted by atomic mass is 9.91. The van der Waals surface area contributed by atoms with E-state index in [2.05, 4.69) is 70.9 Å². The fraction of sp³-hybridized carbons (Fsp3) is 0.310. The van der Waals surface area contributed by atoms with E-state index in [0.717, 1.165) is 25.9 Å². The van der Waals surface area contributed by atoms with Gasteiger partial charge in [0.25, 0.3) is 5.91 Å². The number of amides is 2. The van der Waals surface area contributed by atoms with E-state index in [4.69, 9.17) is 5.73 Å². The number of hydrogen-bond acceptors (Lipinski definition) is 4. The van der Waals surface area contributed by atoms with Crippen molar-refractivity contribution in [1.82, 2.24) is 10.2 Å². The number of nitrogens with two attached hydrogens (primary N) is 1. The van der Waals surface area contributed by atoms with E-state index in [9.17, 15) is 9.59 Å². The quantitative estimate of drug-likeness (QED) is 0.499. The standard InChI is InChI=1S/C29H34N4O2/c1-21(34)32(2)25-13-14-27(30)26(19-25)29(35)31-20-22-15-17-33(18-16-22)28(23-9-5-3-6-10-23)24-11-7-4-8-12-24/h3-14,19,22,28H,15-18,20,30H2,1-2H3,(H,31,35). The Morgan fingerprint density at radius 1 is 0.971 bits per heavy atom. The highest BCUT2D eigenvalue weighted by atomic mass is 16.2. The maximum absolute atomic E-state index is 12.9. The van der Waals surface area contributed by atoms with Crippen molar-refractivity contribution in [3.05, 3.63) is 95.6 Å². The summed E-state index contributed by atoms with van der Waals surface area (Å²) in [6.45, 7) is 4.04. The number of nitrogen functional groups attached to an aromatic ring is 1. The van der Waals surface area contributed by atoms with Crippen molar-refractivity contribution in [2.75, 3.05) is 37.3 Å². The monoisotopic (exact) mass is 470 g/mol. The third-order valence-electron chi connectivity index (χ3n) is 6.94. The SMILES string of the molecule is CC(=O)N(C)c1ccc(N)c(C(=O)NCC2CCN(C(c3ccccc3)c3ccccc3)CC2)c1. The van der Waals surface area contributed by atoms with Crippen molar-refractivity contribution >= 4 is 23.2 Å². The lowest BCUT2D eigenvalue weighted by Gasteiger charge is -2.38. The molecule has 0 radical (unpaired) electrons. The van der Waals surface area contributed by atoms with Crippen LogP contribution in [-0.2, 0) is 4.79 Å². The Bertz CT molecular complexity index is 1100. The first-order chi connectivity index (χ1) is 16.9. The highest BCUT2D eigenvalue weighted by Gasteiger charge is 2.27. The number of likely N-dealkylation sites (tertiary alicyclic amines) is 1. The summed E-state index contributed by atoms with van der Waals surface area (Å²) >= 11 is 0. The van der Waals surface area contributed by atoms with E-state index in [0.29, 0.717) is 29.4 Å². The Hall–Kier alpha value is -3.64. The van der Waals surface area contributed by atoms with Crippen molar-refractivity contribution < 1.29 is 9.59 Å². The minimum Gasteiger partial charge on any atom is -0.398 e. The van der Waals surface area contributed by atoms with Crippen molar-refractivity contribution in [3.63, 3.8) is 0 Å². The van der Waals surface area contributed by atoms with E-state index in [1.165, 1.54) is 23.0 Å². The molecule has 6 nitrogen and oxygen atoms in total. The van der Waals surface area contributed by atoms with Crippen LogP contribution >= 0.6 is 0 Å². The van der Waals surface area contributed by atoms with Crippen LogP contribution in [0.5, 0.6) is 0 Å². The molecule has 3 aromatic rings. The summed E-state index contributed by atoms with van der Waals surface area (Å²) in [7, 11) is 1.68. The summed E-state index contributed by atoms with van der Waals surface area (Å²) in [6.07, 6.45) is 2.03. The van der Waals surface area contributed by atoms with Crippen LogP contribution in [0.4, 0.5) is 11.4 Å². The van der Waals surface area contributed by atoms with Gasteiger partial charge in [-0.05, 0) is 61.2 Å². The fourth-order valence-electron chi connectivity index (χ4n) is 4.76. The van der Waals surface area contributed by atoms with Gasteiger partial charge in [-0.3, -0.25) is 14.5 Å². The zero-order valence-corrected chi connectivity index (χ0v) is 20.5. The van der Waals surface area contributed by atoms with Crippen molar-refractivity contribution in [2.45, 2.75) is 25.8 Å². The van der Waals surface area contributed by atoms with E-state index >= 15 is 0 Å². The summed E-state index contributed by atoms with van der Waals surface area (Å²) in [5.74, 6) is 0.110. The van der Waals surface area contributed by atoms with Gasteiger partial charge in [0, 0.05) is 31.9 Å². The molecule has 0 bridgehead atoms. The highest BCUT2D eigenvalue weighted by Crippen LogP contribution is 2.32. The van der Waals surface area contributed by atoms with Crippen LogP contribution < -0.4 is 16.0 Å². The van der Waals surface area contributed by atoms with Gasteiger partial charge in [-0.15, -0.1) is 0 Å². The summed E-state index contributed by atoms with van der Waals surface area (Å²) in [6, 6.07) is 26.6. The molecule has 6 heteroatoms. The lowest BCUT2D eigenvalue weighted by molar-refractivity contribution is -0.116. The molecule has 1 aliphatic heterocycles. The van der Waals surface area contributed by atoms with Gasteiger partial charge in [0.1, 0.15) is 0 Å². The van der Waals surface area contributed by atoms with Gasteiger partial charge >= 0.3 is 0 Å². The number of nitrogens with one attached hydrogen (secondary N) is 1. The van der Waals surface area contributed by atoms with Gasteiger partial charge in [-0.25, -0.2) is 0 Å². The number of piperidine rings is 1. The average Bonchev–Trinajstić information content (AvgIpc) is 2.89. The molecule has 0 unspecified atom stereocenters. The second-order valence-corrected chi connectivity index (χ2v) is 9.26. The summed E-state index contributed by atoms with van der Waals surface area (Å²) in [5, 5.41) is 3.07. The Balaban J connectivity index is 1.37. The van der Waals surface area contributed by atoms with Crippen LogP contribution in [0.3, 0.4) is 0 Å². The summed E-state index contributed by atoms with van der Waals surface area (Å²) in [5.41, 5.74) is 10.1. The maximum atomic E-state index is 12.9. The van der Waals surface area contributed by atoms with E-state index in [-0.39, 0.29) is 17.9 Å². The number of carbonyl (C=O) groups is 2. The Morgan fingerprint density at radius 3 is 2.09 bits per heavy atom. The summed E-state index contributed by atoms with van der Waals surface area (Å²) < 4.78 is 0. The molecule has 3 aromatic carbocycles. The third-order valence-corrected chi connectivity index (χ3v) is 6.94. The molecule has 1 aliphatic rings. The largest absolute Gasteiger partial charge is 0.398 e. The van der Waals surface area contributed by atoms with Crippen LogP contribution in [0.2, 0.25) is 0 Å². The average molecular weight is 471 g/mol. The minimum atomic E-state index is -0.199. The molecule has 1 saturated heterocycles. The summed E-state index contributed by atoms with van der Waals surface area (Å²) in [4.78, 5) is 28.6. The second kappa shape index (κ2) is 11.2. The second-order valence-electron chi connectivity index (χ2n) is 9.26. The Labute approximate surface area is 207 Å². The number of hydrogen-bond donors (Lipinski definition) is 2. The number of benzene rings is 3. The topological polar surface area (TPSA) is 78.7 Å². The normalized spacial score (nSPS) is 14.6. The first-order valence-corrected chi connectivity index (χ1v) is 12.2. The third kappa shape index (κ3) is 5.89. The van der Waals surface area contributed by atoms with Gasteiger partial charge in [0.15, 0.2) is 0 Å². The van der Waals surface area contributed by atoms with Gasteiger partial charge in [-0.2, -0.15) is 0 Å². The molecule has 182 valence electrons. The van der Waals surface area contributed by atoms with Crippen molar-refractivity contribution in [2.24, 2.45) is 5.92 Å². The number of carbonyl (C=O) groups excluding carboxylic acids is 2. The van der Waals surface area contributed by atoms with Gasteiger partial charge in [0.05, 0.1) is 11.6 Å². The molecule has 3 N–H and O–H groups in total. The molecular weight excluding hydrogens is 436 g/mol. The first kappa shape index (κ1) is 24.5. The molecular formula is C29H34N4O2. The lowest BCUT2D eigenvalue weighted by Crippen LogP contribution is -2.40. The van der Waals surface area contributed by atoms with Crippen LogP contribution in [-0.4, -0.2) is 43.4 Å². The Morgan fingerprint density at radius 2 is 1.54 bits per heavy atom. The van der Waals surface area contributed by atoms with Crippen molar-refractivity contribution in [3.8, 4) is 0 Å². The smallest absolute Gasteiger partial charge is 0.253 e. The highest BCUT2D eigenvalue weighted by molar-refractivity contribution is 6.01.